The molecule has 0 amide bonds. The first-order chi connectivity index (χ1) is 10.1. The molecule has 0 spiro atoms. The Labute approximate surface area is 131 Å². The minimum absolute atomic E-state index is 0.0835. The SMILES string of the molecule is COCc1cccc(S(=O)(=O)NC(C(=O)OC)C(C)(C)C)c1. The van der Waals surface area contributed by atoms with E-state index < -0.39 is 27.4 Å². The van der Waals surface area contributed by atoms with Crippen LogP contribution in [0, 0.1) is 5.41 Å². The third kappa shape index (κ3) is 4.79. The van der Waals surface area contributed by atoms with Crippen molar-refractivity contribution in [2.24, 2.45) is 5.41 Å². The van der Waals surface area contributed by atoms with E-state index in [9.17, 15) is 13.2 Å². The van der Waals surface area contributed by atoms with E-state index in [4.69, 9.17) is 9.47 Å². The predicted molar refractivity (Wildman–Crippen MR) is 82.7 cm³/mol. The molecule has 0 saturated heterocycles. The molecule has 22 heavy (non-hydrogen) atoms. The summed E-state index contributed by atoms with van der Waals surface area (Å²) in [5.41, 5.74) is 0.111. The van der Waals surface area contributed by atoms with Crippen molar-refractivity contribution in [2.45, 2.75) is 38.3 Å². The number of hydrogen-bond acceptors (Lipinski definition) is 5. The molecule has 0 heterocycles. The van der Waals surface area contributed by atoms with Crippen molar-refractivity contribution in [1.82, 2.24) is 4.72 Å². The monoisotopic (exact) mass is 329 g/mol. The number of carbonyl (C=O) groups excluding carboxylic acids is 1. The lowest BCUT2D eigenvalue weighted by molar-refractivity contribution is -0.145. The first-order valence-corrected chi connectivity index (χ1v) is 8.28. The standard InChI is InChI=1S/C15H23NO5S/c1-15(2,3)13(14(17)21-5)16-22(18,19)12-8-6-7-11(9-12)10-20-4/h6-9,13,16H,10H2,1-5H3. The van der Waals surface area contributed by atoms with E-state index in [2.05, 4.69) is 4.72 Å². The van der Waals surface area contributed by atoms with Crippen molar-refractivity contribution >= 4 is 16.0 Å². The lowest BCUT2D eigenvalue weighted by Gasteiger charge is -2.28. The van der Waals surface area contributed by atoms with Crippen molar-refractivity contribution in [3.05, 3.63) is 29.8 Å². The van der Waals surface area contributed by atoms with Gasteiger partial charge in [0.1, 0.15) is 6.04 Å². The third-order valence-corrected chi connectivity index (χ3v) is 4.52. The minimum Gasteiger partial charge on any atom is -0.468 e. The first kappa shape index (κ1) is 18.6. The van der Waals surface area contributed by atoms with Crippen LogP contribution in [0.15, 0.2) is 29.2 Å². The summed E-state index contributed by atoms with van der Waals surface area (Å²) in [6.07, 6.45) is 0. The maximum Gasteiger partial charge on any atom is 0.324 e. The lowest BCUT2D eigenvalue weighted by Crippen LogP contribution is -2.49. The highest BCUT2D eigenvalue weighted by molar-refractivity contribution is 7.89. The van der Waals surface area contributed by atoms with Crippen molar-refractivity contribution in [1.29, 1.82) is 0 Å². The molecule has 0 aliphatic heterocycles. The van der Waals surface area contributed by atoms with E-state index in [0.717, 1.165) is 5.56 Å². The zero-order valence-electron chi connectivity index (χ0n) is 13.5. The number of benzene rings is 1. The number of ether oxygens (including phenoxy) is 2. The van der Waals surface area contributed by atoms with Crippen LogP contribution in [-0.4, -0.2) is 34.6 Å². The van der Waals surface area contributed by atoms with Crippen LogP contribution in [0.25, 0.3) is 0 Å². The molecule has 0 bridgehead atoms. The van der Waals surface area contributed by atoms with E-state index in [0.29, 0.717) is 6.61 Å². The Morgan fingerprint density at radius 3 is 2.41 bits per heavy atom. The van der Waals surface area contributed by atoms with Gasteiger partial charge in [0.25, 0.3) is 0 Å². The van der Waals surface area contributed by atoms with Gasteiger partial charge < -0.3 is 9.47 Å². The fraction of sp³-hybridized carbons (Fsp3) is 0.533. The maximum absolute atomic E-state index is 12.5. The van der Waals surface area contributed by atoms with Gasteiger partial charge in [-0.25, -0.2) is 8.42 Å². The molecule has 1 atom stereocenters. The zero-order valence-corrected chi connectivity index (χ0v) is 14.4. The Hall–Kier alpha value is -1.44. The summed E-state index contributed by atoms with van der Waals surface area (Å²) in [6.45, 7) is 5.60. The van der Waals surface area contributed by atoms with Gasteiger partial charge in [-0.15, -0.1) is 0 Å². The second-order valence-electron chi connectivity index (χ2n) is 6.02. The largest absolute Gasteiger partial charge is 0.468 e. The van der Waals surface area contributed by atoms with Crippen LogP contribution < -0.4 is 4.72 Å². The highest BCUT2D eigenvalue weighted by Crippen LogP contribution is 2.23. The van der Waals surface area contributed by atoms with Crippen LogP contribution in [0.4, 0.5) is 0 Å². The number of rotatable bonds is 6. The summed E-state index contributed by atoms with van der Waals surface area (Å²) < 4.78 is 37.1. The average Bonchev–Trinajstić information content (AvgIpc) is 2.43. The summed E-state index contributed by atoms with van der Waals surface area (Å²) in [4.78, 5) is 12.0. The van der Waals surface area contributed by atoms with E-state index in [-0.39, 0.29) is 4.90 Å². The Kier molecular flexibility index (Phi) is 6.10. The lowest BCUT2D eigenvalue weighted by atomic mass is 9.87. The molecule has 0 aromatic heterocycles. The second kappa shape index (κ2) is 7.21. The highest BCUT2D eigenvalue weighted by Gasteiger charge is 2.36. The molecule has 1 N–H and O–H groups in total. The smallest absolute Gasteiger partial charge is 0.324 e. The van der Waals surface area contributed by atoms with Crippen LogP contribution in [0.2, 0.25) is 0 Å². The van der Waals surface area contributed by atoms with Gasteiger partial charge in [0.15, 0.2) is 0 Å². The van der Waals surface area contributed by atoms with Gasteiger partial charge >= 0.3 is 5.97 Å². The fourth-order valence-electron chi connectivity index (χ4n) is 1.89. The molecular weight excluding hydrogens is 306 g/mol. The molecule has 6 nitrogen and oxygen atoms in total. The topological polar surface area (TPSA) is 81.7 Å². The van der Waals surface area contributed by atoms with E-state index in [1.165, 1.54) is 26.4 Å². The molecular formula is C15H23NO5S. The molecule has 7 heteroatoms. The minimum atomic E-state index is -3.84. The van der Waals surface area contributed by atoms with E-state index in [1.54, 1.807) is 32.9 Å². The van der Waals surface area contributed by atoms with Crippen molar-refractivity contribution in [3.8, 4) is 0 Å². The van der Waals surface area contributed by atoms with Gasteiger partial charge in [0.2, 0.25) is 10.0 Å². The van der Waals surface area contributed by atoms with Gasteiger partial charge in [0, 0.05) is 7.11 Å². The average molecular weight is 329 g/mol. The molecule has 0 aliphatic rings. The van der Waals surface area contributed by atoms with Crippen molar-refractivity contribution in [2.75, 3.05) is 14.2 Å². The summed E-state index contributed by atoms with van der Waals surface area (Å²) in [6, 6.07) is 5.41. The molecule has 0 radical (unpaired) electrons. The van der Waals surface area contributed by atoms with Crippen molar-refractivity contribution < 1.29 is 22.7 Å². The molecule has 124 valence electrons. The number of hydrogen-bond donors (Lipinski definition) is 1. The Morgan fingerprint density at radius 1 is 1.27 bits per heavy atom. The molecule has 1 rings (SSSR count). The van der Waals surface area contributed by atoms with Gasteiger partial charge in [-0.05, 0) is 23.1 Å². The number of sulfonamides is 1. The molecule has 0 saturated carbocycles. The van der Waals surface area contributed by atoms with Crippen LogP contribution in [0.5, 0.6) is 0 Å². The molecule has 0 aliphatic carbocycles. The Morgan fingerprint density at radius 2 is 1.91 bits per heavy atom. The normalized spacial score (nSPS) is 13.7. The predicted octanol–water partition coefficient (Wildman–Crippen LogP) is 1.70. The highest BCUT2D eigenvalue weighted by atomic mass is 32.2. The fourth-order valence-corrected chi connectivity index (χ4v) is 3.35. The first-order valence-electron chi connectivity index (χ1n) is 6.80. The summed E-state index contributed by atoms with van der Waals surface area (Å²) in [5.74, 6) is -0.621. The van der Waals surface area contributed by atoms with Gasteiger partial charge in [-0.2, -0.15) is 4.72 Å². The molecule has 0 fully saturated rings. The number of esters is 1. The summed E-state index contributed by atoms with van der Waals surface area (Å²) >= 11 is 0. The Bertz CT molecular complexity index is 619. The van der Waals surface area contributed by atoms with Gasteiger partial charge in [0.05, 0.1) is 18.6 Å². The van der Waals surface area contributed by atoms with Gasteiger partial charge in [-0.3, -0.25) is 4.79 Å². The van der Waals surface area contributed by atoms with Crippen LogP contribution >= 0.6 is 0 Å². The zero-order chi connectivity index (χ0) is 17.0. The van der Waals surface area contributed by atoms with Crippen molar-refractivity contribution in [3.63, 3.8) is 0 Å². The van der Waals surface area contributed by atoms with Crippen LogP contribution in [0.3, 0.4) is 0 Å². The summed E-state index contributed by atoms with van der Waals surface area (Å²) in [7, 11) is -1.08. The third-order valence-electron chi connectivity index (χ3n) is 3.10. The number of carbonyl (C=O) groups is 1. The molecule has 1 aromatic carbocycles. The maximum atomic E-state index is 12.5. The molecule has 1 unspecified atom stereocenters. The quantitative estimate of drug-likeness (QED) is 0.803. The number of nitrogens with one attached hydrogen (secondary N) is 1. The van der Waals surface area contributed by atoms with E-state index >= 15 is 0 Å². The Balaban J connectivity index is 3.12. The second-order valence-corrected chi connectivity index (χ2v) is 7.74. The van der Waals surface area contributed by atoms with Crippen LogP contribution in [-0.2, 0) is 30.9 Å². The van der Waals surface area contributed by atoms with Gasteiger partial charge in [-0.1, -0.05) is 32.9 Å². The summed E-state index contributed by atoms with van der Waals surface area (Å²) in [5, 5.41) is 0. The van der Waals surface area contributed by atoms with E-state index in [1.807, 2.05) is 0 Å². The van der Waals surface area contributed by atoms with Crippen LogP contribution in [0.1, 0.15) is 26.3 Å². The molecule has 1 aromatic rings. The number of methoxy groups -OCH3 is 2.